The molecule has 0 atom stereocenters. The van der Waals surface area contributed by atoms with E-state index in [2.05, 4.69) is 20.1 Å². The fourth-order valence-electron chi connectivity index (χ4n) is 2.66. The minimum atomic E-state index is -0.399. The first-order chi connectivity index (χ1) is 11.6. The Morgan fingerprint density at radius 1 is 1.29 bits per heavy atom. The first-order valence-corrected chi connectivity index (χ1v) is 7.15. The average Bonchev–Trinajstić information content (AvgIpc) is 3.02. The molecule has 1 saturated heterocycles. The van der Waals surface area contributed by atoms with Crippen LogP contribution in [-0.2, 0) is 0 Å². The molecule has 1 aliphatic rings. The number of anilines is 2. The summed E-state index contributed by atoms with van der Waals surface area (Å²) in [5.74, 6) is 0.194. The Hall–Kier alpha value is -3.37. The molecule has 126 valence electrons. The predicted octanol–water partition coefficient (Wildman–Crippen LogP) is 0.518. The molecule has 0 aliphatic carbocycles. The Morgan fingerprint density at radius 2 is 2.00 bits per heavy atom. The first kappa shape index (κ1) is 15.5. The smallest absolute Gasteiger partial charge is 0.292 e. The van der Waals surface area contributed by atoms with Crippen molar-refractivity contribution < 1.29 is 14.8 Å². The quantitative estimate of drug-likeness (QED) is 0.269. The zero-order chi connectivity index (χ0) is 17.1. The summed E-state index contributed by atoms with van der Waals surface area (Å²) in [6.07, 6.45) is 0. The normalized spacial score (nSPS) is 15.6. The number of para-hydroxylation sites is 2. The highest BCUT2D eigenvalue weighted by atomic mass is 16.6. The number of hydrogen-bond donors (Lipinski definition) is 2. The molecule has 1 aliphatic heterocycles. The lowest BCUT2D eigenvalue weighted by atomic mass is 10.2. The highest BCUT2D eigenvalue weighted by Crippen LogP contribution is 2.28. The molecule has 2 aromatic rings. The van der Waals surface area contributed by atoms with Crippen LogP contribution in [0.15, 0.2) is 34.1 Å². The van der Waals surface area contributed by atoms with Crippen LogP contribution < -0.4 is 10.6 Å². The van der Waals surface area contributed by atoms with Crippen LogP contribution in [0.3, 0.4) is 0 Å². The largest absolute Gasteiger partial charge is 0.409 e. The van der Waals surface area contributed by atoms with Gasteiger partial charge in [0.25, 0.3) is 5.69 Å². The van der Waals surface area contributed by atoms with E-state index in [-0.39, 0.29) is 23.0 Å². The molecular formula is C13H15N7O4. The van der Waals surface area contributed by atoms with E-state index in [1.54, 1.807) is 23.1 Å². The number of nitrogen functional groups attached to an aromatic ring is 1. The maximum absolute atomic E-state index is 11.2. The number of nitrogens with zero attached hydrogens (tertiary/aromatic N) is 6. The van der Waals surface area contributed by atoms with E-state index in [9.17, 15) is 15.3 Å². The third kappa shape index (κ3) is 2.78. The topological polar surface area (TPSA) is 147 Å². The van der Waals surface area contributed by atoms with E-state index < -0.39 is 4.92 Å². The molecule has 0 radical (unpaired) electrons. The average molecular weight is 333 g/mol. The molecule has 0 bridgehead atoms. The van der Waals surface area contributed by atoms with Crippen molar-refractivity contribution in [2.24, 2.45) is 5.16 Å². The van der Waals surface area contributed by atoms with Crippen LogP contribution in [0.2, 0.25) is 0 Å². The number of aromatic nitrogens is 2. The molecule has 0 amide bonds. The number of nitrogens with two attached hydrogens (primary N) is 1. The molecule has 3 N–H and O–H groups in total. The first-order valence-electron chi connectivity index (χ1n) is 7.15. The van der Waals surface area contributed by atoms with E-state index in [1.165, 1.54) is 6.07 Å². The van der Waals surface area contributed by atoms with E-state index >= 15 is 0 Å². The van der Waals surface area contributed by atoms with Crippen LogP contribution in [0.4, 0.5) is 17.2 Å². The van der Waals surface area contributed by atoms with Crippen molar-refractivity contribution in [1.82, 2.24) is 15.2 Å². The van der Waals surface area contributed by atoms with E-state index in [0.717, 1.165) is 0 Å². The molecule has 24 heavy (non-hydrogen) atoms. The van der Waals surface area contributed by atoms with Crippen LogP contribution >= 0.6 is 0 Å². The Bertz CT molecular complexity index is 767. The van der Waals surface area contributed by atoms with Gasteiger partial charge in [-0.05, 0) is 16.4 Å². The van der Waals surface area contributed by atoms with Gasteiger partial charge in [-0.25, -0.2) is 4.63 Å². The number of nitro benzene ring substituents is 1. The van der Waals surface area contributed by atoms with Crippen molar-refractivity contribution >= 4 is 23.0 Å². The second kappa shape index (κ2) is 6.40. The highest BCUT2D eigenvalue weighted by molar-refractivity contribution is 6.00. The Kier molecular flexibility index (Phi) is 4.14. The van der Waals surface area contributed by atoms with E-state index in [4.69, 9.17) is 5.73 Å². The van der Waals surface area contributed by atoms with Crippen molar-refractivity contribution in [2.45, 2.75) is 0 Å². The molecule has 0 saturated carbocycles. The Morgan fingerprint density at radius 3 is 2.58 bits per heavy atom. The summed E-state index contributed by atoms with van der Waals surface area (Å²) in [4.78, 5) is 14.4. The van der Waals surface area contributed by atoms with Gasteiger partial charge in [-0.2, -0.15) is 0 Å². The van der Waals surface area contributed by atoms with Crippen LogP contribution in [0, 0.1) is 10.1 Å². The summed E-state index contributed by atoms with van der Waals surface area (Å²) in [5, 5.41) is 30.7. The van der Waals surface area contributed by atoms with Crippen LogP contribution in [0.1, 0.15) is 5.69 Å². The minimum absolute atomic E-state index is 0.0314. The molecule has 0 spiro atoms. The van der Waals surface area contributed by atoms with Gasteiger partial charge in [0.2, 0.25) is 5.84 Å². The predicted molar refractivity (Wildman–Crippen MR) is 83.9 cm³/mol. The zero-order valence-corrected chi connectivity index (χ0v) is 12.6. The van der Waals surface area contributed by atoms with Gasteiger partial charge in [0.05, 0.1) is 4.92 Å². The number of rotatable bonds is 3. The number of benzene rings is 1. The lowest BCUT2D eigenvalue weighted by Gasteiger charge is -2.36. The fourth-order valence-corrected chi connectivity index (χ4v) is 2.66. The van der Waals surface area contributed by atoms with Gasteiger partial charge in [-0.3, -0.25) is 10.1 Å². The number of hydrogen-bond acceptors (Lipinski definition) is 9. The monoisotopic (exact) mass is 333 g/mol. The van der Waals surface area contributed by atoms with Gasteiger partial charge in [0, 0.05) is 32.2 Å². The summed E-state index contributed by atoms with van der Waals surface area (Å²) in [5.41, 5.74) is 6.41. The van der Waals surface area contributed by atoms with Crippen molar-refractivity contribution in [1.29, 1.82) is 0 Å². The molecule has 1 aromatic carbocycles. The van der Waals surface area contributed by atoms with Gasteiger partial charge >= 0.3 is 0 Å². The standard InChI is InChI=1S/C13H15N7O4/c14-12-11(16-24-17-12)13(15-21)19-7-5-18(6-8-19)9-3-1-2-4-10(9)20(22)23/h1-4,21H,5-8H2,(H2,14,17)/b15-13+. The number of oxime groups is 1. The van der Waals surface area contributed by atoms with Gasteiger partial charge in [-0.1, -0.05) is 17.3 Å². The van der Waals surface area contributed by atoms with Crippen LogP contribution in [0.5, 0.6) is 0 Å². The molecule has 1 aromatic heterocycles. The summed E-state index contributed by atoms with van der Waals surface area (Å²) < 4.78 is 4.52. The van der Waals surface area contributed by atoms with Crippen molar-refractivity contribution in [3.05, 3.63) is 40.1 Å². The van der Waals surface area contributed by atoms with Gasteiger partial charge < -0.3 is 20.7 Å². The zero-order valence-electron chi connectivity index (χ0n) is 12.6. The van der Waals surface area contributed by atoms with Crippen molar-refractivity contribution in [3.63, 3.8) is 0 Å². The maximum atomic E-state index is 11.2. The fraction of sp³-hybridized carbons (Fsp3) is 0.308. The van der Waals surface area contributed by atoms with Crippen molar-refractivity contribution in [3.8, 4) is 0 Å². The molecule has 1 fully saturated rings. The second-order valence-electron chi connectivity index (χ2n) is 5.14. The lowest BCUT2D eigenvalue weighted by molar-refractivity contribution is -0.384. The van der Waals surface area contributed by atoms with E-state index in [0.29, 0.717) is 31.9 Å². The highest BCUT2D eigenvalue weighted by Gasteiger charge is 2.28. The third-order valence-corrected chi connectivity index (χ3v) is 3.82. The summed E-state index contributed by atoms with van der Waals surface area (Å²) >= 11 is 0. The molecule has 3 rings (SSSR count). The summed E-state index contributed by atoms with van der Waals surface area (Å²) in [7, 11) is 0. The lowest BCUT2D eigenvalue weighted by Crippen LogP contribution is -2.49. The van der Waals surface area contributed by atoms with Gasteiger partial charge in [0.1, 0.15) is 5.69 Å². The molecular weight excluding hydrogens is 318 g/mol. The number of amidine groups is 1. The van der Waals surface area contributed by atoms with Crippen LogP contribution in [-0.4, -0.2) is 57.4 Å². The summed E-state index contributed by atoms with van der Waals surface area (Å²) in [6, 6.07) is 6.59. The van der Waals surface area contributed by atoms with Crippen LogP contribution in [0.25, 0.3) is 0 Å². The SMILES string of the molecule is Nc1nonc1/C(=N\O)N1CCN(c2ccccc2[N+](=O)[O-])CC1. The van der Waals surface area contributed by atoms with Gasteiger partial charge in [0.15, 0.2) is 11.5 Å². The number of piperazine rings is 1. The maximum Gasteiger partial charge on any atom is 0.292 e. The minimum Gasteiger partial charge on any atom is -0.409 e. The van der Waals surface area contributed by atoms with Gasteiger partial charge in [-0.15, -0.1) is 0 Å². The van der Waals surface area contributed by atoms with E-state index in [1.807, 2.05) is 4.90 Å². The molecule has 0 unspecified atom stereocenters. The third-order valence-electron chi connectivity index (χ3n) is 3.82. The molecule has 11 nitrogen and oxygen atoms in total. The molecule has 11 heteroatoms. The Labute approximate surface area is 136 Å². The molecule has 2 heterocycles. The van der Waals surface area contributed by atoms with Crippen molar-refractivity contribution in [2.75, 3.05) is 36.8 Å². The summed E-state index contributed by atoms with van der Waals surface area (Å²) in [6.45, 7) is 1.96. The number of nitro groups is 1. The second-order valence-corrected chi connectivity index (χ2v) is 5.14. The Balaban J connectivity index is 1.75.